The van der Waals surface area contributed by atoms with Gasteiger partial charge in [0.2, 0.25) is 0 Å². The summed E-state index contributed by atoms with van der Waals surface area (Å²) in [4.78, 5) is 12.1. The molecule has 0 unspecified atom stereocenters. The molecule has 118 valence electrons. The number of amides is 1. The standard InChI is InChI=1S/C17H27NO3/c1-13(2)11-21-15-7-5-14(6-8-15)16(20)18-12-17(3,4)9-10-19/h5-8,13,19H,9-12H2,1-4H3,(H,18,20). The predicted molar refractivity (Wildman–Crippen MR) is 84.6 cm³/mol. The second kappa shape index (κ2) is 8.03. The molecule has 0 spiro atoms. The van der Waals surface area contributed by atoms with Gasteiger partial charge >= 0.3 is 0 Å². The highest BCUT2D eigenvalue weighted by Crippen LogP contribution is 2.18. The molecule has 1 amide bonds. The maximum atomic E-state index is 12.1. The zero-order valence-corrected chi connectivity index (χ0v) is 13.5. The van der Waals surface area contributed by atoms with Gasteiger partial charge in [-0.1, -0.05) is 27.7 Å². The molecule has 0 heterocycles. The van der Waals surface area contributed by atoms with E-state index in [9.17, 15) is 4.79 Å². The molecular formula is C17H27NO3. The highest BCUT2D eigenvalue weighted by Gasteiger charge is 2.18. The lowest BCUT2D eigenvalue weighted by Gasteiger charge is -2.23. The summed E-state index contributed by atoms with van der Waals surface area (Å²) >= 11 is 0. The number of benzene rings is 1. The molecule has 0 aliphatic heterocycles. The van der Waals surface area contributed by atoms with Crippen molar-refractivity contribution >= 4 is 5.91 Å². The molecule has 0 saturated heterocycles. The lowest BCUT2D eigenvalue weighted by Crippen LogP contribution is -2.34. The van der Waals surface area contributed by atoms with E-state index in [0.717, 1.165) is 5.75 Å². The van der Waals surface area contributed by atoms with Crippen LogP contribution in [-0.2, 0) is 0 Å². The number of nitrogens with one attached hydrogen (secondary N) is 1. The van der Waals surface area contributed by atoms with Gasteiger partial charge in [-0.2, -0.15) is 0 Å². The third-order valence-electron chi connectivity index (χ3n) is 3.22. The second-order valence-corrected chi connectivity index (χ2v) is 6.55. The van der Waals surface area contributed by atoms with Crippen LogP contribution in [-0.4, -0.2) is 30.8 Å². The van der Waals surface area contributed by atoms with Crippen molar-refractivity contribution in [2.24, 2.45) is 11.3 Å². The van der Waals surface area contributed by atoms with Crippen molar-refractivity contribution in [3.63, 3.8) is 0 Å². The monoisotopic (exact) mass is 293 g/mol. The van der Waals surface area contributed by atoms with Crippen molar-refractivity contribution in [1.29, 1.82) is 0 Å². The van der Waals surface area contributed by atoms with Crippen LogP contribution in [0.4, 0.5) is 0 Å². The molecule has 0 bridgehead atoms. The maximum Gasteiger partial charge on any atom is 0.251 e. The quantitative estimate of drug-likeness (QED) is 0.775. The number of ether oxygens (including phenoxy) is 1. The number of aliphatic hydroxyl groups is 1. The highest BCUT2D eigenvalue weighted by molar-refractivity contribution is 5.94. The molecule has 4 heteroatoms. The van der Waals surface area contributed by atoms with E-state index in [-0.39, 0.29) is 17.9 Å². The summed E-state index contributed by atoms with van der Waals surface area (Å²) in [6.45, 7) is 9.56. The van der Waals surface area contributed by atoms with Gasteiger partial charge in [-0.25, -0.2) is 0 Å². The van der Waals surface area contributed by atoms with E-state index in [4.69, 9.17) is 9.84 Å². The van der Waals surface area contributed by atoms with Crippen LogP contribution >= 0.6 is 0 Å². The number of hydrogen-bond donors (Lipinski definition) is 2. The van der Waals surface area contributed by atoms with E-state index in [0.29, 0.717) is 31.1 Å². The molecule has 0 atom stereocenters. The Bertz CT molecular complexity index is 438. The van der Waals surface area contributed by atoms with Crippen LogP contribution < -0.4 is 10.1 Å². The summed E-state index contributed by atoms with van der Waals surface area (Å²) < 4.78 is 5.59. The van der Waals surface area contributed by atoms with Crippen molar-refractivity contribution in [1.82, 2.24) is 5.32 Å². The Hall–Kier alpha value is -1.55. The van der Waals surface area contributed by atoms with Crippen LogP contribution in [0.1, 0.15) is 44.5 Å². The molecule has 0 aromatic heterocycles. The van der Waals surface area contributed by atoms with Gasteiger partial charge in [0.1, 0.15) is 5.75 Å². The normalized spacial score (nSPS) is 11.5. The minimum Gasteiger partial charge on any atom is -0.493 e. The van der Waals surface area contributed by atoms with Crippen LogP contribution in [0.25, 0.3) is 0 Å². The molecular weight excluding hydrogens is 266 g/mol. The maximum absolute atomic E-state index is 12.1. The molecule has 0 saturated carbocycles. The first-order valence-corrected chi connectivity index (χ1v) is 7.46. The van der Waals surface area contributed by atoms with Crippen molar-refractivity contribution in [3.8, 4) is 5.75 Å². The van der Waals surface area contributed by atoms with Crippen LogP contribution in [0.2, 0.25) is 0 Å². The Labute approximate surface area is 127 Å². The van der Waals surface area contributed by atoms with Crippen molar-refractivity contribution in [3.05, 3.63) is 29.8 Å². The van der Waals surface area contributed by atoms with Gasteiger partial charge in [-0.3, -0.25) is 4.79 Å². The molecule has 2 N–H and O–H groups in total. The van der Waals surface area contributed by atoms with E-state index in [1.165, 1.54) is 0 Å². The number of hydrogen-bond acceptors (Lipinski definition) is 3. The van der Waals surface area contributed by atoms with Crippen LogP contribution in [0.5, 0.6) is 5.75 Å². The fraction of sp³-hybridized carbons (Fsp3) is 0.588. The van der Waals surface area contributed by atoms with Gasteiger partial charge in [0, 0.05) is 18.7 Å². The van der Waals surface area contributed by atoms with E-state index >= 15 is 0 Å². The Kier molecular flexibility index (Phi) is 6.69. The number of rotatable bonds is 8. The average molecular weight is 293 g/mol. The van der Waals surface area contributed by atoms with E-state index < -0.39 is 0 Å². The lowest BCUT2D eigenvalue weighted by atomic mass is 9.89. The van der Waals surface area contributed by atoms with E-state index in [1.54, 1.807) is 12.1 Å². The lowest BCUT2D eigenvalue weighted by molar-refractivity contribution is 0.0928. The minimum atomic E-state index is -0.106. The number of carbonyl (C=O) groups is 1. The van der Waals surface area contributed by atoms with Crippen molar-refractivity contribution < 1.29 is 14.6 Å². The molecule has 0 fully saturated rings. The van der Waals surface area contributed by atoms with Gasteiger partial charge in [-0.05, 0) is 42.0 Å². The molecule has 1 aromatic rings. The predicted octanol–water partition coefficient (Wildman–Crippen LogP) is 2.86. The number of aliphatic hydroxyl groups excluding tert-OH is 1. The molecule has 0 aliphatic carbocycles. The summed E-state index contributed by atoms with van der Waals surface area (Å²) in [6.07, 6.45) is 0.662. The molecule has 21 heavy (non-hydrogen) atoms. The third kappa shape index (κ3) is 6.63. The molecule has 1 rings (SSSR count). The van der Waals surface area contributed by atoms with Crippen LogP contribution in [0.15, 0.2) is 24.3 Å². The molecule has 4 nitrogen and oxygen atoms in total. The second-order valence-electron chi connectivity index (χ2n) is 6.55. The van der Waals surface area contributed by atoms with Gasteiger partial charge in [0.15, 0.2) is 0 Å². The van der Waals surface area contributed by atoms with Gasteiger partial charge in [0.25, 0.3) is 5.91 Å². The Morgan fingerprint density at radius 3 is 2.43 bits per heavy atom. The van der Waals surface area contributed by atoms with E-state index in [2.05, 4.69) is 19.2 Å². The summed E-state index contributed by atoms with van der Waals surface area (Å²) in [6, 6.07) is 7.17. The zero-order valence-electron chi connectivity index (χ0n) is 13.5. The van der Waals surface area contributed by atoms with Crippen LogP contribution in [0, 0.1) is 11.3 Å². The third-order valence-corrected chi connectivity index (χ3v) is 3.22. The Morgan fingerprint density at radius 2 is 1.90 bits per heavy atom. The van der Waals surface area contributed by atoms with Gasteiger partial charge < -0.3 is 15.2 Å². The average Bonchev–Trinajstić information content (AvgIpc) is 2.43. The van der Waals surface area contributed by atoms with Crippen LogP contribution in [0.3, 0.4) is 0 Å². The summed E-state index contributed by atoms with van der Waals surface area (Å²) in [5.74, 6) is 1.15. The van der Waals surface area contributed by atoms with Crippen molar-refractivity contribution in [2.45, 2.75) is 34.1 Å². The first kappa shape index (κ1) is 17.5. The SMILES string of the molecule is CC(C)COc1ccc(C(=O)NCC(C)(C)CCO)cc1. The first-order valence-electron chi connectivity index (χ1n) is 7.46. The van der Waals surface area contributed by atoms with Gasteiger partial charge in [-0.15, -0.1) is 0 Å². The highest BCUT2D eigenvalue weighted by atomic mass is 16.5. The minimum absolute atomic E-state index is 0.101. The zero-order chi connectivity index (χ0) is 15.9. The summed E-state index contributed by atoms with van der Waals surface area (Å²) in [5, 5.41) is 11.9. The summed E-state index contributed by atoms with van der Waals surface area (Å²) in [7, 11) is 0. The number of carbonyl (C=O) groups excluding carboxylic acids is 1. The molecule has 1 aromatic carbocycles. The fourth-order valence-corrected chi connectivity index (χ4v) is 1.78. The first-order chi connectivity index (χ1) is 9.84. The molecule has 0 aliphatic rings. The molecule has 0 radical (unpaired) electrons. The van der Waals surface area contributed by atoms with E-state index in [1.807, 2.05) is 26.0 Å². The van der Waals surface area contributed by atoms with Crippen molar-refractivity contribution in [2.75, 3.05) is 19.8 Å². The smallest absolute Gasteiger partial charge is 0.251 e. The Morgan fingerprint density at radius 1 is 1.29 bits per heavy atom. The fourth-order valence-electron chi connectivity index (χ4n) is 1.78. The summed E-state index contributed by atoms with van der Waals surface area (Å²) in [5.41, 5.74) is 0.511. The largest absolute Gasteiger partial charge is 0.493 e. The topological polar surface area (TPSA) is 58.6 Å². The Balaban J connectivity index is 2.51. The van der Waals surface area contributed by atoms with Gasteiger partial charge in [0.05, 0.1) is 6.61 Å².